The maximum atomic E-state index is 13.1. The Morgan fingerprint density at radius 1 is 1.20 bits per heavy atom. The lowest BCUT2D eigenvalue weighted by Gasteiger charge is -2.59. The largest absolute Gasteiger partial charge is 0.458 e. The van der Waals surface area contributed by atoms with Crippen LogP contribution in [0.15, 0.2) is 34.9 Å². The van der Waals surface area contributed by atoms with Crippen molar-refractivity contribution in [2.24, 2.45) is 34.5 Å². The van der Waals surface area contributed by atoms with Gasteiger partial charge in [-0.05, 0) is 75.0 Å². The molecule has 0 bridgehead atoms. The van der Waals surface area contributed by atoms with Gasteiger partial charge in [0.1, 0.15) is 11.7 Å². The van der Waals surface area contributed by atoms with E-state index in [1.807, 2.05) is 26.8 Å². The van der Waals surface area contributed by atoms with Gasteiger partial charge in [0.25, 0.3) is 0 Å². The molecule has 4 N–H and O–H groups in total. The quantitative estimate of drug-likeness (QED) is 0.356. The van der Waals surface area contributed by atoms with Crippen LogP contribution in [0.1, 0.15) is 59.8 Å². The lowest BCUT2D eigenvalue weighted by Crippen LogP contribution is -2.62. The van der Waals surface area contributed by atoms with Crippen LogP contribution >= 0.6 is 0 Å². The Balaban J connectivity index is 1.48. The normalized spacial score (nSPS) is 48.1. The average molecular weight is 487 g/mol. The number of hydrogen-bond acceptors (Lipinski definition) is 7. The molecule has 0 spiro atoms. The van der Waals surface area contributed by atoms with Crippen LogP contribution in [0.5, 0.6) is 0 Å². The molecule has 5 rings (SSSR count). The van der Waals surface area contributed by atoms with Crippen LogP contribution in [0.25, 0.3) is 0 Å². The third-order valence-corrected chi connectivity index (χ3v) is 10.9. The van der Waals surface area contributed by atoms with Gasteiger partial charge in [-0.1, -0.05) is 25.5 Å². The maximum Gasteiger partial charge on any atom is 0.336 e. The van der Waals surface area contributed by atoms with Gasteiger partial charge in [-0.2, -0.15) is 0 Å². The summed E-state index contributed by atoms with van der Waals surface area (Å²) in [6.45, 7) is 7.27. The number of hydrogen-bond donors (Lipinski definition) is 4. The Hall–Kier alpha value is -1.80. The zero-order chi connectivity index (χ0) is 25.5. The van der Waals surface area contributed by atoms with E-state index in [2.05, 4.69) is 0 Å². The van der Waals surface area contributed by atoms with Gasteiger partial charge in [0.05, 0.1) is 29.8 Å². The average Bonchev–Trinajstić information content (AvgIpc) is 3.02. The molecule has 2 saturated carbocycles. The highest BCUT2D eigenvalue weighted by Gasteiger charge is 2.70. The highest BCUT2D eigenvalue weighted by molar-refractivity contribution is 5.99. The highest BCUT2D eigenvalue weighted by atomic mass is 16.5. The molecule has 1 heterocycles. The number of allylic oxidation sites excluding steroid dienone is 2. The smallest absolute Gasteiger partial charge is 0.336 e. The summed E-state index contributed by atoms with van der Waals surface area (Å²) in [4.78, 5) is 25.6. The standard InChI is InChI=1S/C28H38O7/c1-14-11-22(35-25(33)17(14)13-29)15(2)28(34)24(32)12-20-16-5-6-19-21(30)7-8-23(31)27(19,4)18(16)9-10-26(20,28)3/h6-8,15-16,18,20-22,24,29-30,32,34H,5,9-13H2,1-4H3. The molecule has 0 aromatic carbocycles. The second-order valence-corrected chi connectivity index (χ2v) is 12.0. The zero-order valence-electron chi connectivity index (χ0n) is 21.0. The molecule has 5 aliphatic rings. The van der Waals surface area contributed by atoms with Crippen molar-refractivity contribution in [3.63, 3.8) is 0 Å². The van der Waals surface area contributed by atoms with E-state index in [0.29, 0.717) is 32.1 Å². The molecule has 0 amide bonds. The molecule has 2 fully saturated rings. The third-order valence-electron chi connectivity index (χ3n) is 10.9. The lowest BCUT2D eigenvalue weighted by atomic mass is 9.46. The van der Waals surface area contributed by atoms with Gasteiger partial charge in [-0.25, -0.2) is 4.79 Å². The predicted molar refractivity (Wildman–Crippen MR) is 128 cm³/mol. The van der Waals surface area contributed by atoms with Crippen molar-refractivity contribution in [3.05, 3.63) is 34.9 Å². The van der Waals surface area contributed by atoms with Crippen molar-refractivity contribution in [2.45, 2.75) is 83.7 Å². The number of ketones is 1. The second kappa shape index (κ2) is 8.10. The van der Waals surface area contributed by atoms with Crippen LogP contribution in [0.2, 0.25) is 0 Å². The molecular formula is C28H38O7. The van der Waals surface area contributed by atoms with Gasteiger partial charge in [-0.15, -0.1) is 0 Å². The third kappa shape index (κ3) is 3.11. The van der Waals surface area contributed by atoms with E-state index in [1.165, 1.54) is 6.08 Å². The first-order chi connectivity index (χ1) is 16.4. The van der Waals surface area contributed by atoms with Crippen LogP contribution in [0, 0.1) is 34.5 Å². The molecule has 0 radical (unpaired) electrons. The van der Waals surface area contributed by atoms with Gasteiger partial charge >= 0.3 is 5.97 Å². The minimum atomic E-state index is -1.47. The number of aliphatic hydroxyl groups excluding tert-OH is 3. The van der Waals surface area contributed by atoms with Crippen molar-refractivity contribution in [1.29, 1.82) is 0 Å². The molecule has 0 aromatic rings. The molecule has 1 aliphatic heterocycles. The van der Waals surface area contributed by atoms with Crippen LogP contribution in [0.3, 0.4) is 0 Å². The van der Waals surface area contributed by atoms with Gasteiger partial charge in [0, 0.05) is 17.8 Å². The summed E-state index contributed by atoms with van der Waals surface area (Å²) in [7, 11) is 0. The fourth-order valence-electron chi connectivity index (χ4n) is 8.72. The zero-order valence-corrected chi connectivity index (χ0v) is 21.0. The molecule has 0 aromatic heterocycles. The number of rotatable bonds is 3. The molecule has 35 heavy (non-hydrogen) atoms. The molecule has 7 nitrogen and oxygen atoms in total. The van der Waals surface area contributed by atoms with E-state index in [9.17, 15) is 30.0 Å². The fourth-order valence-corrected chi connectivity index (χ4v) is 8.72. The summed E-state index contributed by atoms with van der Waals surface area (Å²) in [5.41, 5.74) is -1.05. The number of fused-ring (bicyclic) bond motifs is 5. The molecule has 10 atom stereocenters. The summed E-state index contributed by atoms with van der Waals surface area (Å²) in [6, 6.07) is 0. The van der Waals surface area contributed by atoms with Crippen molar-refractivity contribution in [1.82, 2.24) is 0 Å². The summed E-state index contributed by atoms with van der Waals surface area (Å²) in [6.07, 6.45) is 5.61. The van der Waals surface area contributed by atoms with Crippen molar-refractivity contribution >= 4 is 11.8 Å². The van der Waals surface area contributed by atoms with E-state index >= 15 is 0 Å². The van der Waals surface area contributed by atoms with Crippen LogP contribution < -0.4 is 0 Å². The Morgan fingerprint density at radius 3 is 2.57 bits per heavy atom. The molecule has 192 valence electrons. The van der Waals surface area contributed by atoms with Gasteiger partial charge in [0.15, 0.2) is 5.78 Å². The summed E-state index contributed by atoms with van der Waals surface area (Å²) < 4.78 is 5.67. The van der Waals surface area contributed by atoms with Crippen molar-refractivity contribution in [3.8, 4) is 0 Å². The van der Waals surface area contributed by atoms with Crippen LogP contribution in [-0.4, -0.2) is 62.7 Å². The van der Waals surface area contributed by atoms with Gasteiger partial charge < -0.3 is 25.2 Å². The first kappa shape index (κ1) is 24.9. The Labute approximate surface area is 206 Å². The van der Waals surface area contributed by atoms with Crippen LogP contribution in [0.4, 0.5) is 0 Å². The van der Waals surface area contributed by atoms with E-state index in [0.717, 1.165) is 11.1 Å². The number of esters is 1. The van der Waals surface area contributed by atoms with E-state index in [4.69, 9.17) is 4.74 Å². The van der Waals surface area contributed by atoms with Gasteiger partial charge in [-0.3, -0.25) is 4.79 Å². The maximum absolute atomic E-state index is 13.1. The number of aliphatic hydroxyl groups is 4. The molecule has 7 heteroatoms. The molecular weight excluding hydrogens is 448 g/mol. The summed E-state index contributed by atoms with van der Waals surface area (Å²) in [5, 5.41) is 43.7. The highest BCUT2D eigenvalue weighted by Crippen LogP contribution is 2.68. The minimum absolute atomic E-state index is 0.0156. The van der Waals surface area contributed by atoms with E-state index < -0.39 is 46.6 Å². The molecule has 10 unspecified atom stereocenters. The first-order valence-corrected chi connectivity index (χ1v) is 12.9. The fraction of sp³-hybridized carbons (Fsp3) is 0.714. The number of carbonyl (C=O) groups excluding carboxylic acids is 2. The molecule has 0 saturated heterocycles. The summed E-state index contributed by atoms with van der Waals surface area (Å²) >= 11 is 0. The monoisotopic (exact) mass is 486 g/mol. The summed E-state index contributed by atoms with van der Waals surface area (Å²) in [5.74, 6) is -0.951. The van der Waals surface area contributed by atoms with Crippen molar-refractivity contribution in [2.75, 3.05) is 6.61 Å². The first-order valence-electron chi connectivity index (χ1n) is 12.9. The van der Waals surface area contributed by atoms with Crippen molar-refractivity contribution < 1.29 is 34.8 Å². The SMILES string of the molecule is CC1=C(CO)C(=O)OC(C(C)C2(O)C(O)CC3C4CC=C5C(O)C=CC(=O)C5(C)C4CCC32C)C1. The molecule has 4 aliphatic carbocycles. The van der Waals surface area contributed by atoms with E-state index in [1.54, 1.807) is 13.0 Å². The second-order valence-electron chi connectivity index (χ2n) is 12.0. The van der Waals surface area contributed by atoms with E-state index in [-0.39, 0.29) is 35.7 Å². The van der Waals surface area contributed by atoms with Crippen LogP contribution in [-0.2, 0) is 14.3 Å². The predicted octanol–water partition coefficient (Wildman–Crippen LogP) is 2.23. The Kier molecular flexibility index (Phi) is 5.76. The van der Waals surface area contributed by atoms with Gasteiger partial charge in [0.2, 0.25) is 0 Å². The Morgan fingerprint density at radius 2 is 1.91 bits per heavy atom. The Bertz CT molecular complexity index is 1040. The number of carbonyl (C=O) groups is 2. The minimum Gasteiger partial charge on any atom is -0.458 e. The number of cyclic esters (lactones) is 1. The topological polar surface area (TPSA) is 124 Å². The number of ether oxygens (including phenoxy) is 1. The lowest BCUT2D eigenvalue weighted by molar-refractivity contribution is -0.204.